The molecule has 0 amide bonds. The number of aromatic amines is 1. The van der Waals surface area contributed by atoms with Gasteiger partial charge in [-0.25, -0.2) is 4.98 Å². The highest BCUT2D eigenvalue weighted by atomic mass is 79.9. The van der Waals surface area contributed by atoms with Crippen molar-refractivity contribution in [1.29, 1.82) is 0 Å². The highest BCUT2D eigenvalue weighted by molar-refractivity contribution is 9.10. The lowest BCUT2D eigenvalue weighted by atomic mass is 10.2. The highest BCUT2D eigenvalue weighted by Crippen LogP contribution is 2.26. The standard InChI is InChI=1S/C10H6BrClN4/c11-7-3-14-15-10(7)6-1-2-9-13-4-8(12)16(9)5-6/h1-5H,(H,14,15). The summed E-state index contributed by atoms with van der Waals surface area (Å²) in [5, 5.41) is 7.54. The topological polar surface area (TPSA) is 46.0 Å². The first kappa shape index (κ1) is 9.86. The normalized spacial score (nSPS) is 11.1. The molecule has 3 heterocycles. The summed E-state index contributed by atoms with van der Waals surface area (Å²) in [6.45, 7) is 0. The SMILES string of the molecule is Clc1cnc2ccc(-c3n[nH]cc3Br)cn12. The van der Waals surface area contributed by atoms with Gasteiger partial charge in [0.2, 0.25) is 0 Å². The van der Waals surface area contributed by atoms with E-state index in [-0.39, 0.29) is 0 Å². The minimum atomic E-state index is 0.587. The van der Waals surface area contributed by atoms with Gasteiger partial charge in [0.15, 0.2) is 0 Å². The number of H-pyrrole nitrogens is 1. The predicted octanol–water partition coefficient (Wildman–Crippen LogP) is 3.14. The van der Waals surface area contributed by atoms with Gasteiger partial charge in [0.1, 0.15) is 16.5 Å². The Kier molecular flexibility index (Phi) is 2.22. The molecule has 16 heavy (non-hydrogen) atoms. The largest absolute Gasteiger partial charge is 0.290 e. The molecule has 0 unspecified atom stereocenters. The zero-order chi connectivity index (χ0) is 11.1. The van der Waals surface area contributed by atoms with Crippen LogP contribution in [0.5, 0.6) is 0 Å². The van der Waals surface area contributed by atoms with Crippen molar-refractivity contribution in [2.24, 2.45) is 0 Å². The molecule has 0 saturated heterocycles. The minimum absolute atomic E-state index is 0.587. The molecule has 0 atom stereocenters. The molecule has 0 aliphatic carbocycles. The van der Waals surface area contributed by atoms with Crippen LogP contribution in [0, 0.1) is 0 Å². The van der Waals surface area contributed by atoms with Crippen LogP contribution in [-0.4, -0.2) is 19.6 Å². The van der Waals surface area contributed by atoms with Crippen LogP contribution in [0.2, 0.25) is 5.15 Å². The lowest BCUT2D eigenvalue weighted by Gasteiger charge is -2.00. The second-order valence-corrected chi connectivity index (χ2v) is 4.55. The number of aromatic nitrogens is 4. The average molecular weight is 298 g/mol. The maximum atomic E-state index is 6.01. The summed E-state index contributed by atoms with van der Waals surface area (Å²) in [5.41, 5.74) is 2.65. The molecule has 80 valence electrons. The average Bonchev–Trinajstić information content (AvgIpc) is 2.86. The molecule has 6 heteroatoms. The van der Waals surface area contributed by atoms with Gasteiger partial charge in [-0.3, -0.25) is 9.50 Å². The molecule has 4 nitrogen and oxygen atoms in total. The summed E-state index contributed by atoms with van der Waals surface area (Å²) in [4.78, 5) is 4.15. The van der Waals surface area contributed by atoms with Crippen molar-refractivity contribution in [3.8, 4) is 11.3 Å². The van der Waals surface area contributed by atoms with Crippen LogP contribution in [0.3, 0.4) is 0 Å². The van der Waals surface area contributed by atoms with E-state index in [4.69, 9.17) is 11.6 Å². The molecular formula is C10H6BrClN4. The van der Waals surface area contributed by atoms with Gasteiger partial charge in [-0.05, 0) is 28.1 Å². The number of fused-ring (bicyclic) bond motifs is 1. The maximum Gasteiger partial charge on any atom is 0.137 e. The zero-order valence-electron chi connectivity index (χ0n) is 7.98. The third-order valence-corrected chi connectivity index (χ3v) is 3.21. The van der Waals surface area contributed by atoms with Crippen LogP contribution >= 0.6 is 27.5 Å². The fourth-order valence-electron chi connectivity index (χ4n) is 1.57. The summed E-state index contributed by atoms with van der Waals surface area (Å²) < 4.78 is 2.74. The molecule has 0 aromatic carbocycles. The van der Waals surface area contributed by atoms with Gasteiger partial charge in [-0.15, -0.1) is 0 Å². The van der Waals surface area contributed by atoms with E-state index < -0.39 is 0 Å². The van der Waals surface area contributed by atoms with Crippen LogP contribution in [0.4, 0.5) is 0 Å². The van der Waals surface area contributed by atoms with E-state index in [0.29, 0.717) is 5.15 Å². The Labute approximate surface area is 104 Å². The first-order valence-electron chi connectivity index (χ1n) is 4.58. The minimum Gasteiger partial charge on any atom is -0.290 e. The van der Waals surface area contributed by atoms with Gasteiger partial charge in [0, 0.05) is 18.0 Å². The van der Waals surface area contributed by atoms with Gasteiger partial charge >= 0.3 is 0 Å². The first-order valence-corrected chi connectivity index (χ1v) is 5.75. The van der Waals surface area contributed by atoms with E-state index >= 15 is 0 Å². The fourth-order valence-corrected chi connectivity index (χ4v) is 2.17. The third kappa shape index (κ3) is 1.44. The number of nitrogens with zero attached hydrogens (tertiary/aromatic N) is 3. The Morgan fingerprint density at radius 1 is 1.38 bits per heavy atom. The number of nitrogens with one attached hydrogen (secondary N) is 1. The van der Waals surface area contributed by atoms with Crippen molar-refractivity contribution in [2.75, 3.05) is 0 Å². The van der Waals surface area contributed by atoms with Gasteiger partial charge in [-0.2, -0.15) is 5.10 Å². The molecule has 0 saturated carbocycles. The maximum absolute atomic E-state index is 6.01. The Bertz CT molecular complexity index is 658. The van der Waals surface area contributed by atoms with Gasteiger partial charge < -0.3 is 0 Å². The van der Waals surface area contributed by atoms with Crippen molar-refractivity contribution in [3.63, 3.8) is 0 Å². The number of rotatable bonds is 1. The highest BCUT2D eigenvalue weighted by Gasteiger charge is 2.08. The molecule has 3 aromatic heterocycles. The monoisotopic (exact) mass is 296 g/mol. The smallest absolute Gasteiger partial charge is 0.137 e. The quantitative estimate of drug-likeness (QED) is 0.750. The van der Waals surface area contributed by atoms with Crippen molar-refractivity contribution < 1.29 is 0 Å². The van der Waals surface area contributed by atoms with Gasteiger partial charge in [0.05, 0.1) is 10.7 Å². The molecule has 0 aliphatic heterocycles. The van der Waals surface area contributed by atoms with Crippen molar-refractivity contribution in [1.82, 2.24) is 19.6 Å². The van der Waals surface area contributed by atoms with E-state index in [9.17, 15) is 0 Å². The van der Waals surface area contributed by atoms with Crippen molar-refractivity contribution >= 4 is 33.2 Å². The van der Waals surface area contributed by atoms with E-state index in [2.05, 4.69) is 31.1 Å². The summed E-state index contributed by atoms with van der Waals surface area (Å²) in [6.07, 6.45) is 5.32. The van der Waals surface area contributed by atoms with E-state index in [1.54, 1.807) is 12.4 Å². The molecule has 0 aliphatic rings. The molecule has 1 N–H and O–H groups in total. The Morgan fingerprint density at radius 3 is 3.00 bits per heavy atom. The first-order chi connectivity index (χ1) is 7.75. The summed E-state index contributed by atoms with van der Waals surface area (Å²) >= 11 is 9.43. The van der Waals surface area contributed by atoms with Crippen LogP contribution in [0.25, 0.3) is 16.9 Å². The molecular weight excluding hydrogens is 291 g/mol. The van der Waals surface area contributed by atoms with Crippen molar-refractivity contribution in [3.05, 3.63) is 40.3 Å². The van der Waals surface area contributed by atoms with Crippen molar-refractivity contribution in [2.45, 2.75) is 0 Å². The van der Waals surface area contributed by atoms with Crippen LogP contribution in [-0.2, 0) is 0 Å². The fraction of sp³-hybridized carbons (Fsp3) is 0. The zero-order valence-corrected chi connectivity index (χ0v) is 10.3. The lowest BCUT2D eigenvalue weighted by molar-refractivity contribution is 1.09. The van der Waals surface area contributed by atoms with E-state index in [1.807, 2.05) is 22.7 Å². The molecule has 0 fully saturated rings. The van der Waals surface area contributed by atoms with Crippen LogP contribution in [0.15, 0.2) is 35.2 Å². The van der Waals surface area contributed by atoms with E-state index in [0.717, 1.165) is 21.4 Å². The Morgan fingerprint density at radius 2 is 2.25 bits per heavy atom. The second-order valence-electron chi connectivity index (χ2n) is 3.31. The molecule has 0 bridgehead atoms. The number of imidazole rings is 1. The number of hydrogen-bond donors (Lipinski definition) is 1. The molecule has 0 spiro atoms. The lowest BCUT2D eigenvalue weighted by Crippen LogP contribution is -1.87. The summed E-state index contributed by atoms with van der Waals surface area (Å²) in [6, 6.07) is 3.86. The third-order valence-electron chi connectivity index (χ3n) is 2.33. The summed E-state index contributed by atoms with van der Waals surface area (Å²) in [7, 11) is 0. The molecule has 0 radical (unpaired) electrons. The Hall–Kier alpha value is -1.33. The van der Waals surface area contributed by atoms with Crippen LogP contribution in [0.1, 0.15) is 0 Å². The van der Waals surface area contributed by atoms with Crippen LogP contribution < -0.4 is 0 Å². The predicted molar refractivity (Wildman–Crippen MR) is 65.5 cm³/mol. The number of halogens is 2. The Balaban J connectivity index is 2.25. The summed E-state index contributed by atoms with van der Waals surface area (Å²) in [5.74, 6) is 0. The van der Waals surface area contributed by atoms with E-state index in [1.165, 1.54) is 0 Å². The number of pyridine rings is 1. The van der Waals surface area contributed by atoms with Gasteiger partial charge in [-0.1, -0.05) is 11.6 Å². The molecule has 3 rings (SSSR count). The second kappa shape index (κ2) is 3.61. The van der Waals surface area contributed by atoms with Gasteiger partial charge in [0.25, 0.3) is 0 Å². The number of hydrogen-bond acceptors (Lipinski definition) is 2. The molecule has 3 aromatic rings.